The molecule has 0 aliphatic heterocycles. The number of carboxylic acids is 1. The Morgan fingerprint density at radius 2 is 1.83 bits per heavy atom. The Morgan fingerprint density at radius 3 is 2.50 bits per heavy atom. The lowest BCUT2D eigenvalue weighted by Crippen LogP contribution is -2.19. The molecule has 0 aliphatic carbocycles. The molecule has 0 saturated heterocycles. The smallest absolute Gasteiger partial charge is 0.336 e. The number of aryl methyl sites for hydroxylation is 1. The van der Waals surface area contributed by atoms with Gasteiger partial charge in [-0.15, -0.1) is 0 Å². The van der Waals surface area contributed by atoms with Crippen LogP contribution in [-0.2, 0) is 0 Å². The molecule has 30 heavy (non-hydrogen) atoms. The number of halogens is 2. The average molecular weight is 428 g/mol. The van der Waals surface area contributed by atoms with Gasteiger partial charge in [-0.1, -0.05) is 35.9 Å². The summed E-state index contributed by atoms with van der Waals surface area (Å²) in [5.74, 6) is -2.10. The van der Waals surface area contributed by atoms with Gasteiger partial charge in [-0.25, -0.2) is 9.18 Å². The van der Waals surface area contributed by atoms with Crippen LogP contribution in [0.3, 0.4) is 0 Å². The molecular formula is C23H19ClFNO4. The Labute approximate surface area is 178 Å². The molecule has 0 aliphatic rings. The highest BCUT2D eigenvalue weighted by atomic mass is 35.5. The van der Waals surface area contributed by atoms with Crippen molar-refractivity contribution in [2.24, 2.45) is 0 Å². The van der Waals surface area contributed by atoms with Crippen LogP contribution in [0.4, 0.5) is 10.1 Å². The monoisotopic (exact) mass is 427 g/mol. The summed E-state index contributed by atoms with van der Waals surface area (Å²) in [6.07, 6.45) is 0. The van der Waals surface area contributed by atoms with Gasteiger partial charge in [0.05, 0.1) is 28.4 Å². The van der Waals surface area contributed by atoms with Crippen LogP contribution in [0.1, 0.15) is 33.2 Å². The maximum atomic E-state index is 14.8. The van der Waals surface area contributed by atoms with E-state index in [1.54, 1.807) is 37.3 Å². The number of carbonyl (C=O) groups excluding carboxylic acids is 1. The molecule has 0 aromatic heterocycles. The van der Waals surface area contributed by atoms with Crippen molar-refractivity contribution in [1.82, 2.24) is 0 Å². The van der Waals surface area contributed by atoms with Gasteiger partial charge < -0.3 is 15.2 Å². The normalized spacial score (nSPS) is 10.5. The van der Waals surface area contributed by atoms with Crippen LogP contribution in [0, 0.1) is 12.7 Å². The quantitative estimate of drug-likeness (QED) is 0.521. The fraction of sp³-hybridized carbons (Fsp3) is 0.130. The van der Waals surface area contributed by atoms with Gasteiger partial charge in [-0.2, -0.15) is 0 Å². The standard InChI is InChI=1S/C23H19ClFNO4/c1-3-30-16-8-5-7-14(10-16)15-11-18(24)21(19(25)12-15)26-22(27)20-13(2)6-4-9-17(20)23(28)29/h4-12H,3H2,1-2H3,(H,26,27)(H,28,29). The Balaban J connectivity index is 1.95. The van der Waals surface area contributed by atoms with Crippen LogP contribution in [0.15, 0.2) is 54.6 Å². The van der Waals surface area contributed by atoms with Crippen LogP contribution in [0.5, 0.6) is 5.75 Å². The van der Waals surface area contributed by atoms with Gasteiger partial charge in [0.25, 0.3) is 5.91 Å². The van der Waals surface area contributed by atoms with Crippen molar-refractivity contribution < 1.29 is 23.8 Å². The summed E-state index contributed by atoms with van der Waals surface area (Å²) >= 11 is 6.26. The zero-order valence-corrected chi connectivity index (χ0v) is 17.1. The van der Waals surface area contributed by atoms with Gasteiger partial charge >= 0.3 is 5.97 Å². The molecule has 1 amide bonds. The number of carboxylic acid groups (broad SMARTS) is 1. The number of ether oxygens (including phenoxy) is 1. The molecule has 7 heteroatoms. The molecule has 0 heterocycles. The van der Waals surface area contributed by atoms with Crippen molar-refractivity contribution in [3.05, 3.63) is 82.1 Å². The number of nitrogens with one attached hydrogen (secondary N) is 1. The van der Waals surface area contributed by atoms with E-state index in [2.05, 4.69) is 5.32 Å². The Morgan fingerprint density at radius 1 is 1.10 bits per heavy atom. The van der Waals surface area contributed by atoms with E-state index in [1.165, 1.54) is 24.3 Å². The summed E-state index contributed by atoms with van der Waals surface area (Å²) in [6, 6.07) is 14.4. The first-order chi connectivity index (χ1) is 14.3. The van der Waals surface area contributed by atoms with Crippen LogP contribution >= 0.6 is 11.6 Å². The topological polar surface area (TPSA) is 75.6 Å². The highest BCUT2D eigenvalue weighted by molar-refractivity contribution is 6.34. The summed E-state index contributed by atoms with van der Waals surface area (Å²) in [7, 11) is 0. The summed E-state index contributed by atoms with van der Waals surface area (Å²) in [5.41, 5.74) is 1.23. The van der Waals surface area contributed by atoms with Crippen LogP contribution in [0.2, 0.25) is 5.02 Å². The lowest BCUT2D eigenvalue weighted by Gasteiger charge is -2.14. The highest BCUT2D eigenvalue weighted by Gasteiger charge is 2.21. The molecule has 0 atom stereocenters. The lowest BCUT2D eigenvalue weighted by atomic mass is 10.0. The minimum absolute atomic E-state index is 0.00868. The minimum Gasteiger partial charge on any atom is -0.494 e. The predicted octanol–water partition coefficient (Wildman–Crippen LogP) is 5.80. The number of benzene rings is 3. The van der Waals surface area contributed by atoms with Gasteiger partial charge in [0.1, 0.15) is 11.6 Å². The van der Waals surface area contributed by atoms with E-state index in [1.807, 2.05) is 6.92 Å². The first kappa shape index (κ1) is 21.3. The number of anilines is 1. The van der Waals surface area contributed by atoms with Crippen LogP contribution in [0.25, 0.3) is 11.1 Å². The van der Waals surface area contributed by atoms with Crippen molar-refractivity contribution >= 4 is 29.2 Å². The zero-order valence-electron chi connectivity index (χ0n) is 16.3. The molecule has 0 spiro atoms. The number of carbonyl (C=O) groups is 2. The summed E-state index contributed by atoms with van der Waals surface area (Å²) in [4.78, 5) is 24.2. The second-order valence-corrected chi connectivity index (χ2v) is 6.94. The fourth-order valence-corrected chi connectivity index (χ4v) is 3.37. The number of rotatable bonds is 6. The minimum atomic E-state index is -1.25. The van der Waals surface area contributed by atoms with Crippen molar-refractivity contribution in [1.29, 1.82) is 0 Å². The maximum absolute atomic E-state index is 14.8. The first-order valence-electron chi connectivity index (χ1n) is 9.18. The van der Waals surface area contributed by atoms with Crippen molar-refractivity contribution in [3.8, 4) is 16.9 Å². The van der Waals surface area contributed by atoms with Gasteiger partial charge in [-0.3, -0.25) is 4.79 Å². The van der Waals surface area contributed by atoms with Crippen molar-refractivity contribution in [3.63, 3.8) is 0 Å². The Hall–Kier alpha value is -3.38. The molecule has 5 nitrogen and oxygen atoms in total. The van der Waals surface area contributed by atoms with Crippen LogP contribution < -0.4 is 10.1 Å². The van der Waals surface area contributed by atoms with E-state index in [4.69, 9.17) is 16.3 Å². The van der Waals surface area contributed by atoms with E-state index in [-0.39, 0.29) is 21.8 Å². The van der Waals surface area contributed by atoms with Crippen molar-refractivity contribution in [2.45, 2.75) is 13.8 Å². The molecule has 2 N–H and O–H groups in total. The predicted molar refractivity (Wildman–Crippen MR) is 114 cm³/mol. The van der Waals surface area contributed by atoms with E-state index in [0.717, 1.165) is 0 Å². The molecule has 0 bridgehead atoms. The third kappa shape index (κ3) is 4.44. The number of aromatic carboxylic acids is 1. The summed E-state index contributed by atoms with van der Waals surface area (Å²) < 4.78 is 20.3. The molecule has 0 unspecified atom stereocenters. The average Bonchev–Trinajstić information content (AvgIpc) is 2.70. The molecule has 3 aromatic carbocycles. The van der Waals surface area contributed by atoms with Gasteiger partial charge in [0.2, 0.25) is 0 Å². The molecule has 3 aromatic rings. The van der Waals surface area contributed by atoms with E-state index >= 15 is 0 Å². The number of amides is 1. The van der Waals surface area contributed by atoms with Crippen molar-refractivity contribution in [2.75, 3.05) is 11.9 Å². The number of hydrogen-bond donors (Lipinski definition) is 2. The largest absolute Gasteiger partial charge is 0.494 e. The first-order valence-corrected chi connectivity index (χ1v) is 9.56. The van der Waals surface area contributed by atoms with E-state index < -0.39 is 17.7 Å². The maximum Gasteiger partial charge on any atom is 0.336 e. The molecule has 3 rings (SSSR count). The van der Waals surface area contributed by atoms with Crippen LogP contribution in [-0.4, -0.2) is 23.6 Å². The van der Waals surface area contributed by atoms with E-state index in [9.17, 15) is 19.1 Å². The van der Waals surface area contributed by atoms with E-state index in [0.29, 0.717) is 29.0 Å². The Bertz CT molecular complexity index is 1110. The molecule has 0 fully saturated rings. The van der Waals surface area contributed by atoms with Gasteiger partial charge in [0, 0.05) is 0 Å². The Kier molecular flexibility index (Phi) is 6.37. The number of hydrogen-bond acceptors (Lipinski definition) is 3. The molecule has 0 saturated carbocycles. The molecule has 154 valence electrons. The fourth-order valence-electron chi connectivity index (χ4n) is 3.11. The summed E-state index contributed by atoms with van der Waals surface area (Å²) in [6.45, 7) is 3.97. The van der Waals surface area contributed by atoms with Gasteiger partial charge in [0.15, 0.2) is 0 Å². The third-order valence-corrected chi connectivity index (χ3v) is 4.79. The SMILES string of the molecule is CCOc1cccc(-c2cc(F)c(NC(=O)c3c(C)cccc3C(=O)O)c(Cl)c2)c1. The zero-order chi connectivity index (χ0) is 21.8. The highest BCUT2D eigenvalue weighted by Crippen LogP contribution is 2.33. The lowest BCUT2D eigenvalue weighted by molar-refractivity contribution is 0.0692. The second-order valence-electron chi connectivity index (χ2n) is 6.53. The third-order valence-electron chi connectivity index (χ3n) is 4.49. The summed E-state index contributed by atoms with van der Waals surface area (Å²) in [5, 5.41) is 11.7. The molecule has 0 radical (unpaired) electrons. The van der Waals surface area contributed by atoms with Gasteiger partial charge in [-0.05, 0) is 60.9 Å². The second kappa shape index (κ2) is 8.97. The molecular weight excluding hydrogens is 409 g/mol.